The molecule has 5 nitrogen and oxygen atoms in total. The molecule has 21 heavy (non-hydrogen) atoms. The van der Waals surface area contributed by atoms with Gasteiger partial charge in [0.15, 0.2) is 0 Å². The first-order valence-electron chi connectivity index (χ1n) is 7.96. The van der Waals surface area contributed by atoms with Gasteiger partial charge in [-0.2, -0.15) is 0 Å². The molecule has 0 aromatic heterocycles. The zero-order valence-electron chi connectivity index (χ0n) is 12.8. The van der Waals surface area contributed by atoms with Crippen LogP contribution >= 0.6 is 0 Å². The Morgan fingerprint density at radius 1 is 1.14 bits per heavy atom. The largest absolute Gasteiger partial charge is 0.459 e. The van der Waals surface area contributed by atoms with E-state index in [2.05, 4.69) is 6.92 Å². The van der Waals surface area contributed by atoms with Gasteiger partial charge in [-0.1, -0.05) is 44.8 Å². The highest BCUT2D eigenvalue weighted by atomic mass is 16.6. The van der Waals surface area contributed by atoms with Crippen molar-refractivity contribution < 1.29 is 24.9 Å². The van der Waals surface area contributed by atoms with E-state index in [4.69, 9.17) is 4.74 Å². The number of ether oxygens (including phenoxy) is 1. The topological polar surface area (TPSA) is 87.0 Å². The van der Waals surface area contributed by atoms with E-state index in [-0.39, 0.29) is 12.8 Å². The van der Waals surface area contributed by atoms with Gasteiger partial charge in [0.1, 0.15) is 18.3 Å². The Hall–Kier alpha value is -0.910. The second kappa shape index (κ2) is 9.92. The summed E-state index contributed by atoms with van der Waals surface area (Å²) in [7, 11) is 0. The summed E-state index contributed by atoms with van der Waals surface area (Å²) in [5.74, 6) is -0.436. The van der Waals surface area contributed by atoms with Crippen molar-refractivity contribution in [3.05, 3.63) is 12.2 Å². The highest BCUT2D eigenvalue weighted by Gasteiger charge is 2.29. The lowest BCUT2D eigenvalue weighted by Crippen LogP contribution is -2.40. The third-order valence-electron chi connectivity index (χ3n) is 3.78. The molecule has 0 aliphatic carbocycles. The Kier molecular flexibility index (Phi) is 8.57. The molecular formula is C16H28O5. The molecule has 122 valence electrons. The smallest absolute Gasteiger partial charge is 0.306 e. The number of rotatable bonds is 6. The Balaban J connectivity index is 2.56. The van der Waals surface area contributed by atoms with Crippen LogP contribution in [-0.4, -0.2) is 45.7 Å². The molecule has 5 heteroatoms. The molecule has 1 aliphatic rings. The van der Waals surface area contributed by atoms with E-state index in [0.717, 1.165) is 25.7 Å². The Bertz CT molecular complexity index is 329. The summed E-state index contributed by atoms with van der Waals surface area (Å²) in [6.07, 6.45) is 5.29. The quantitative estimate of drug-likeness (QED) is 0.395. The molecule has 0 saturated heterocycles. The van der Waals surface area contributed by atoms with Crippen LogP contribution in [0.25, 0.3) is 0 Å². The zero-order valence-corrected chi connectivity index (χ0v) is 12.8. The van der Waals surface area contributed by atoms with Crippen LogP contribution < -0.4 is 0 Å². The van der Waals surface area contributed by atoms with Crippen LogP contribution in [0.4, 0.5) is 0 Å². The second-order valence-corrected chi connectivity index (χ2v) is 5.70. The van der Waals surface area contributed by atoms with Gasteiger partial charge in [0.05, 0.1) is 6.10 Å². The maximum Gasteiger partial charge on any atom is 0.306 e. The highest BCUT2D eigenvalue weighted by molar-refractivity contribution is 5.69. The molecule has 1 heterocycles. The summed E-state index contributed by atoms with van der Waals surface area (Å²) in [5.41, 5.74) is 0. The molecule has 4 atom stereocenters. The van der Waals surface area contributed by atoms with Gasteiger partial charge in [-0.3, -0.25) is 4.79 Å². The summed E-state index contributed by atoms with van der Waals surface area (Å²) < 4.78 is 5.27. The van der Waals surface area contributed by atoms with Crippen LogP contribution in [0, 0.1) is 0 Å². The molecule has 0 spiro atoms. The first-order chi connectivity index (χ1) is 10.0. The molecular weight excluding hydrogens is 272 g/mol. The molecule has 0 radical (unpaired) electrons. The molecule has 0 saturated carbocycles. The number of carbonyl (C=O) groups excluding carboxylic acids is 1. The minimum Gasteiger partial charge on any atom is -0.459 e. The van der Waals surface area contributed by atoms with Gasteiger partial charge >= 0.3 is 5.97 Å². The Morgan fingerprint density at radius 3 is 2.57 bits per heavy atom. The van der Waals surface area contributed by atoms with E-state index >= 15 is 0 Å². The number of carbonyl (C=O) groups is 1. The summed E-state index contributed by atoms with van der Waals surface area (Å²) >= 11 is 0. The number of hydrogen-bond donors (Lipinski definition) is 3. The van der Waals surface area contributed by atoms with Crippen molar-refractivity contribution in [3.8, 4) is 0 Å². The van der Waals surface area contributed by atoms with Crippen LogP contribution in [0.2, 0.25) is 0 Å². The molecule has 0 bridgehead atoms. The summed E-state index contributed by atoms with van der Waals surface area (Å²) in [6.45, 7) is 2.14. The first kappa shape index (κ1) is 18.1. The first-order valence-corrected chi connectivity index (χ1v) is 7.96. The predicted octanol–water partition coefficient (Wildman–Crippen LogP) is 1.69. The third kappa shape index (κ3) is 7.07. The van der Waals surface area contributed by atoms with Crippen LogP contribution in [-0.2, 0) is 9.53 Å². The van der Waals surface area contributed by atoms with Crippen molar-refractivity contribution in [3.63, 3.8) is 0 Å². The minimum absolute atomic E-state index is 0.112. The van der Waals surface area contributed by atoms with E-state index in [1.807, 2.05) is 0 Å². The third-order valence-corrected chi connectivity index (χ3v) is 3.78. The zero-order chi connectivity index (χ0) is 15.7. The number of aliphatic hydroxyl groups is 3. The molecule has 1 rings (SSSR count). The van der Waals surface area contributed by atoms with E-state index < -0.39 is 30.4 Å². The van der Waals surface area contributed by atoms with Crippen molar-refractivity contribution in [2.45, 2.75) is 82.7 Å². The number of aliphatic hydroxyl groups excluding tert-OH is 3. The SMILES string of the molecule is CCCCCCC[C@@H]1OC(=O)CC[C@H](O)/C=C\[C@@H](O)[C@@H]1O. The number of cyclic esters (lactones) is 1. The summed E-state index contributed by atoms with van der Waals surface area (Å²) in [6, 6.07) is 0. The molecule has 0 unspecified atom stereocenters. The lowest BCUT2D eigenvalue weighted by Gasteiger charge is -2.26. The van der Waals surface area contributed by atoms with Gasteiger partial charge in [0.2, 0.25) is 0 Å². The number of hydrogen-bond acceptors (Lipinski definition) is 5. The van der Waals surface area contributed by atoms with Crippen LogP contribution in [0.5, 0.6) is 0 Å². The van der Waals surface area contributed by atoms with E-state index in [9.17, 15) is 20.1 Å². The fourth-order valence-corrected chi connectivity index (χ4v) is 2.41. The van der Waals surface area contributed by atoms with Crippen LogP contribution in [0.15, 0.2) is 12.2 Å². The van der Waals surface area contributed by atoms with Crippen LogP contribution in [0.1, 0.15) is 58.3 Å². The summed E-state index contributed by atoms with van der Waals surface area (Å²) in [4.78, 5) is 11.7. The van der Waals surface area contributed by atoms with Crippen molar-refractivity contribution in [1.29, 1.82) is 0 Å². The fourth-order valence-electron chi connectivity index (χ4n) is 2.41. The van der Waals surface area contributed by atoms with Crippen LogP contribution in [0.3, 0.4) is 0 Å². The normalized spacial score (nSPS) is 32.5. The average molecular weight is 300 g/mol. The standard InChI is InChI=1S/C16H28O5/c1-2-3-4-5-6-7-14-16(20)13(18)10-8-12(17)9-11-15(19)21-14/h8,10,12-14,16-18,20H,2-7,9,11H2,1H3/b10-8-/t12-,13-,14+,16+/m1/s1. The molecule has 0 fully saturated rings. The molecule has 1 aliphatic heterocycles. The summed E-state index contributed by atoms with van der Waals surface area (Å²) in [5, 5.41) is 29.5. The average Bonchev–Trinajstić information content (AvgIpc) is 2.47. The number of esters is 1. The van der Waals surface area contributed by atoms with Gasteiger partial charge in [-0.15, -0.1) is 0 Å². The van der Waals surface area contributed by atoms with E-state index in [1.54, 1.807) is 0 Å². The van der Waals surface area contributed by atoms with Gasteiger partial charge < -0.3 is 20.1 Å². The fraction of sp³-hybridized carbons (Fsp3) is 0.812. The second-order valence-electron chi connectivity index (χ2n) is 5.70. The highest BCUT2D eigenvalue weighted by Crippen LogP contribution is 2.18. The van der Waals surface area contributed by atoms with E-state index in [1.165, 1.54) is 18.6 Å². The van der Waals surface area contributed by atoms with Crippen molar-refractivity contribution in [2.24, 2.45) is 0 Å². The Morgan fingerprint density at radius 2 is 1.86 bits per heavy atom. The monoisotopic (exact) mass is 300 g/mol. The molecule has 0 aromatic rings. The van der Waals surface area contributed by atoms with Crippen molar-refractivity contribution in [2.75, 3.05) is 0 Å². The van der Waals surface area contributed by atoms with Gasteiger partial charge in [-0.05, 0) is 19.3 Å². The maximum absolute atomic E-state index is 11.7. The van der Waals surface area contributed by atoms with Gasteiger partial charge in [-0.25, -0.2) is 0 Å². The lowest BCUT2D eigenvalue weighted by molar-refractivity contribution is -0.160. The lowest BCUT2D eigenvalue weighted by atomic mass is 9.99. The van der Waals surface area contributed by atoms with Crippen molar-refractivity contribution in [1.82, 2.24) is 0 Å². The van der Waals surface area contributed by atoms with Crippen molar-refractivity contribution >= 4 is 5.97 Å². The molecule has 3 N–H and O–H groups in total. The molecule has 0 amide bonds. The van der Waals surface area contributed by atoms with Gasteiger partial charge in [0.25, 0.3) is 0 Å². The number of unbranched alkanes of at least 4 members (excludes halogenated alkanes) is 4. The predicted molar refractivity (Wildman–Crippen MR) is 79.7 cm³/mol. The Labute approximate surface area is 126 Å². The molecule has 0 aromatic carbocycles. The van der Waals surface area contributed by atoms with E-state index in [0.29, 0.717) is 6.42 Å². The minimum atomic E-state index is -1.15. The van der Waals surface area contributed by atoms with Gasteiger partial charge in [0, 0.05) is 6.42 Å². The maximum atomic E-state index is 11.7.